The predicted octanol–water partition coefficient (Wildman–Crippen LogP) is 2.61. The third-order valence-corrected chi connectivity index (χ3v) is 6.04. The number of hydrogen-bond acceptors (Lipinski definition) is 5. The summed E-state index contributed by atoms with van der Waals surface area (Å²) in [7, 11) is 0. The zero-order chi connectivity index (χ0) is 20.8. The molecule has 154 valence electrons. The SMILES string of the molecule is CCC(c1c(-c2n[nH]c3cc(F)ccc23)ccc2c1C(=O)NC2=O)N1CCNCC1. The van der Waals surface area contributed by atoms with Crippen molar-refractivity contribution in [3.63, 3.8) is 0 Å². The van der Waals surface area contributed by atoms with Gasteiger partial charge in [0, 0.05) is 43.2 Å². The number of nitrogens with zero attached hydrogens (tertiary/aromatic N) is 2. The first kappa shape index (κ1) is 18.9. The average molecular weight is 407 g/mol. The molecule has 1 atom stereocenters. The molecule has 3 aromatic rings. The minimum absolute atomic E-state index is 0.0408. The molecule has 3 heterocycles. The number of benzene rings is 2. The lowest BCUT2D eigenvalue weighted by molar-refractivity contribution is 0.0878. The Hall–Kier alpha value is -3.10. The van der Waals surface area contributed by atoms with Crippen LogP contribution >= 0.6 is 0 Å². The van der Waals surface area contributed by atoms with Crippen molar-refractivity contribution in [3.05, 3.63) is 52.8 Å². The molecule has 0 saturated carbocycles. The van der Waals surface area contributed by atoms with Crippen molar-refractivity contribution in [2.24, 2.45) is 0 Å². The van der Waals surface area contributed by atoms with Gasteiger partial charge in [0.15, 0.2) is 0 Å². The van der Waals surface area contributed by atoms with E-state index in [1.165, 1.54) is 12.1 Å². The number of hydrogen-bond donors (Lipinski definition) is 3. The minimum atomic E-state index is -0.369. The average Bonchev–Trinajstić information content (AvgIpc) is 3.29. The van der Waals surface area contributed by atoms with Gasteiger partial charge >= 0.3 is 0 Å². The number of carbonyl (C=O) groups excluding carboxylic acids is 2. The summed E-state index contributed by atoms with van der Waals surface area (Å²) in [5, 5.41) is 13.9. The van der Waals surface area contributed by atoms with Crippen molar-refractivity contribution in [1.29, 1.82) is 0 Å². The van der Waals surface area contributed by atoms with Crippen LogP contribution in [0.25, 0.3) is 22.2 Å². The van der Waals surface area contributed by atoms with Gasteiger partial charge in [-0.05, 0) is 36.2 Å². The van der Waals surface area contributed by atoms with Crippen molar-refractivity contribution in [3.8, 4) is 11.3 Å². The van der Waals surface area contributed by atoms with Crippen molar-refractivity contribution in [2.75, 3.05) is 26.2 Å². The van der Waals surface area contributed by atoms with Gasteiger partial charge in [-0.25, -0.2) is 4.39 Å². The maximum Gasteiger partial charge on any atom is 0.259 e. The van der Waals surface area contributed by atoms with E-state index in [1.54, 1.807) is 12.1 Å². The summed E-state index contributed by atoms with van der Waals surface area (Å²) in [5.41, 5.74) is 3.69. The zero-order valence-corrected chi connectivity index (χ0v) is 16.6. The van der Waals surface area contributed by atoms with Gasteiger partial charge < -0.3 is 5.32 Å². The number of imide groups is 1. The maximum absolute atomic E-state index is 13.7. The number of aromatic amines is 1. The van der Waals surface area contributed by atoms with Gasteiger partial charge in [0.1, 0.15) is 11.5 Å². The van der Waals surface area contributed by atoms with E-state index in [9.17, 15) is 14.0 Å². The molecule has 0 bridgehead atoms. The minimum Gasteiger partial charge on any atom is -0.314 e. The van der Waals surface area contributed by atoms with E-state index in [1.807, 2.05) is 6.07 Å². The molecule has 2 amide bonds. The fraction of sp³-hybridized carbons (Fsp3) is 0.318. The molecule has 3 N–H and O–H groups in total. The van der Waals surface area contributed by atoms with Crippen LogP contribution in [0.2, 0.25) is 0 Å². The standard InChI is InChI=1S/C22H22FN5O2/c1-2-17(28-9-7-24-8-10-28)18-14(5-6-15-19(18)22(30)25-21(15)29)20-13-4-3-12(23)11-16(13)26-27-20/h3-6,11,17,24H,2,7-10H2,1H3,(H,26,27)(H,25,29,30). The molecule has 1 aromatic heterocycles. The third kappa shape index (κ3) is 2.91. The molecular formula is C22H22FN5O2. The Morgan fingerprint density at radius 2 is 1.87 bits per heavy atom. The van der Waals surface area contributed by atoms with Crippen LogP contribution in [0.15, 0.2) is 30.3 Å². The number of H-pyrrole nitrogens is 1. The lowest BCUT2D eigenvalue weighted by atomic mass is 9.87. The monoisotopic (exact) mass is 407 g/mol. The number of nitrogens with one attached hydrogen (secondary N) is 3. The van der Waals surface area contributed by atoms with E-state index in [0.717, 1.165) is 49.1 Å². The number of rotatable bonds is 4. The first-order valence-electron chi connectivity index (χ1n) is 10.2. The molecule has 7 nitrogen and oxygen atoms in total. The van der Waals surface area contributed by atoms with E-state index in [2.05, 4.69) is 32.7 Å². The Kier molecular flexibility index (Phi) is 4.60. The van der Waals surface area contributed by atoms with Crippen molar-refractivity contribution < 1.29 is 14.0 Å². The molecule has 0 aliphatic carbocycles. The molecule has 2 aromatic carbocycles. The predicted molar refractivity (Wildman–Crippen MR) is 111 cm³/mol. The summed E-state index contributed by atoms with van der Waals surface area (Å²) >= 11 is 0. The Morgan fingerprint density at radius 3 is 2.63 bits per heavy atom. The Bertz CT molecular complexity index is 1170. The molecule has 1 unspecified atom stereocenters. The number of aromatic nitrogens is 2. The van der Waals surface area contributed by atoms with Crippen LogP contribution in [0.1, 0.15) is 45.7 Å². The molecule has 0 radical (unpaired) electrons. The summed E-state index contributed by atoms with van der Waals surface area (Å²) in [5.74, 6) is -1.08. The highest BCUT2D eigenvalue weighted by Gasteiger charge is 2.36. The van der Waals surface area contributed by atoms with Gasteiger partial charge in [0.05, 0.1) is 16.6 Å². The second kappa shape index (κ2) is 7.30. The highest BCUT2D eigenvalue weighted by atomic mass is 19.1. The van der Waals surface area contributed by atoms with Crippen LogP contribution in [0, 0.1) is 5.82 Å². The fourth-order valence-corrected chi connectivity index (χ4v) is 4.67. The van der Waals surface area contributed by atoms with E-state index >= 15 is 0 Å². The summed E-state index contributed by atoms with van der Waals surface area (Å²) in [4.78, 5) is 27.5. The topological polar surface area (TPSA) is 90.1 Å². The van der Waals surface area contributed by atoms with Crippen molar-refractivity contribution in [1.82, 2.24) is 25.7 Å². The molecular weight excluding hydrogens is 385 g/mol. The number of carbonyl (C=O) groups is 2. The highest BCUT2D eigenvalue weighted by Crippen LogP contribution is 2.40. The van der Waals surface area contributed by atoms with E-state index in [0.29, 0.717) is 22.3 Å². The van der Waals surface area contributed by atoms with Gasteiger partial charge in [0.25, 0.3) is 11.8 Å². The normalized spacial score (nSPS) is 17.9. The lowest BCUT2D eigenvalue weighted by Crippen LogP contribution is -2.45. The number of fused-ring (bicyclic) bond motifs is 2. The zero-order valence-electron chi connectivity index (χ0n) is 16.6. The summed E-state index contributed by atoms with van der Waals surface area (Å²) in [6.07, 6.45) is 0.780. The summed E-state index contributed by atoms with van der Waals surface area (Å²) in [6, 6.07) is 8.00. The van der Waals surface area contributed by atoms with Gasteiger partial charge in [-0.1, -0.05) is 13.0 Å². The van der Waals surface area contributed by atoms with Crippen LogP contribution in [-0.4, -0.2) is 53.1 Å². The lowest BCUT2D eigenvalue weighted by Gasteiger charge is -2.36. The van der Waals surface area contributed by atoms with E-state index < -0.39 is 0 Å². The smallest absolute Gasteiger partial charge is 0.259 e. The molecule has 2 aliphatic heterocycles. The van der Waals surface area contributed by atoms with Crippen LogP contribution in [0.3, 0.4) is 0 Å². The van der Waals surface area contributed by atoms with Gasteiger partial charge in [-0.2, -0.15) is 5.10 Å². The Balaban J connectivity index is 1.76. The fourth-order valence-electron chi connectivity index (χ4n) is 4.67. The van der Waals surface area contributed by atoms with Gasteiger partial charge in [-0.15, -0.1) is 0 Å². The molecule has 5 rings (SSSR count). The number of piperazine rings is 1. The number of amides is 2. The first-order chi connectivity index (χ1) is 14.6. The quantitative estimate of drug-likeness (QED) is 0.579. The first-order valence-corrected chi connectivity index (χ1v) is 10.2. The van der Waals surface area contributed by atoms with E-state index in [-0.39, 0.29) is 23.7 Å². The summed E-state index contributed by atoms with van der Waals surface area (Å²) in [6.45, 7) is 5.53. The van der Waals surface area contributed by atoms with Gasteiger partial charge in [0.2, 0.25) is 0 Å². The molecule has 30 heavy (non-hydrogen) atoms. The van der Waals surface area contributed by atoms with Crippen molar-refractivity contribution >= 4 is 22.7 Å². The van der Waals surface area contributed by atoms with Crippen molar-refractivity contribution in [2.45, 2.75) is 19.4 Å². The molecule has 0 spiro atoms. The molecule has 1 fully saturated rings. The second-order valence-electron chi connectivity index (χ2n) is 7.70. The Morgan fingerprint density at radius 1 is 1.10 bits per heavy atom. The highest BCUT2D eigenvalue weighted by molar-refractivity contribution is 6.23. The maximum atomic E-state index is 13.7. The Labute approximate surface area is 172 Å². The van der Waals surface area contributed by atoms with Crippen LogP contribution < -0.4 is 10.6 Å². The largest absolute Gasteiger partial charge is 0.314 e. The summed E-state index contributed by atoms with van der Waals surface area (Å²) < 4.78 is 13.7. The second-order valence-corrected chi connectivity index (χ2v) is 7.70. The van der Waals surface area contributed by atoms with Crippen LogP contribution in [0.4, 0.5) is 4.39 Å². The molecule has 8 heteroatoms. The third-order valence-electron chi connectivity index (χ3n) is 6.04. The van der Waals surface area contributed by atoms with E-state index in [4.69, 9.17) is 0 Å². The molecule has 1 saturated heterocycles. The number of halogens is 1. The van der Waals surface area contributed by atoms with Gasteiger partial charge in [-0.3, -0.25) is 24.9 Å². The van der Waals surface area contributed by atoms with Crippen LogP contribution in [-0.2, 0) is 0 Å². The van der Waals surface area contributed by atoms with Crippen LogP contribution in [0.5, 0.6) is 0 Å². The molecule has 2 aliphatic rings.